The Morgan fingerprint density at radius 2 is 2.11 bits per heavy atom. The van der Waals surface area contributed by atoms with Gasteiger partial charge >= 0.3 is 5.97 Å². The predicted molar refractivity (Wildman–Crippen MR) is 70.7 cm³/mol. The van der Waals surface area contributed by atoms with E-state index in [1.807, 2.05) is 0 Å². The zero-order valence-corrected chi connectivity index (χ0v) is 11.5. The second kappa shape index (κ2) is 5.30. The Hall–Kier alpha value is -1.40. The topological polar surface area (TPSA) is 83.5 Å². The molecule has 0 saturated heterocycles. The number of aryl methyl sites for hydroxylation is 1. The molecule has 0 aromatic heterocycles. The molecule has 1 aliphatic carbocycles. The summed E-state index contributed by atoms with van der Waals surface area (Å²) in [6.07, 6.45) is 3.20. The van der Waals surface area contributed by atoms with Crippen LogP contribution in [-0.2, 0) is 10.0 Å². The van der Waals surface area contributed by atoms with Gasteiger partial charge in [-0.15, -0.1) is 0 Å². The summed E-state index contributed by atoms with van der Waals surface area (Å²) in [7, 11) is -3.63. The Labute approximate surface area is 112 Å². The third-order valence-electron chi connectivity index (χ3n) is 3.27. The van der Waals surface area contributed by atoms with Crippen LogP contribution in [0.15, 0.2) is 23.1 Å². The number of benzene rings is 1. The van der Waals surface area contributed by atoms with Crippen molar-refractivity contribution in [2.45, 2.75) is 31.1 Å². The van der Waals surface area contributed by atoms with Crippen LogP contribution in [0.25, 0.3) is 0 Å². The van der Waals surface area contributed by atoms with Crippen molar-refractivity contribution in [3.63, 3.8) is 0 Å². The van der Waals surface area contributed by atoms with Crippen molar-refractivity contribution in [2.75, 3.05) is 6.54 Å². The smallest absolute Gasteiger partial charge is 0.335 e. The Kier molecular flexibility index (Phi) is 3.91. The van der Waals surface area contributed by atoms with E-state index in [1.54, 1.807) is 6.92 Å². The molecular weight excluding hydrogens is 266 g/mol. The van der Waals surface area contributed by atoms with Crippen molar-refractivity contribution in [3.05, 3.63) is 29.3 Å². The first-order valence-electron chi connectivity index (χ1n) is 6.24. The summed E-state index contributed by atoms with van der Waals surface area (Å²) in [4.78, 5) is 10.9. The Morgan fingerprint density at radius 1 is 1.42 bits per heavy atom. The highest BCUT2D eigenvalue weighted by atomic mass is 32.2. The molecule has 6 heteroatoms. The third-order valence-corrected chi connectivity index (χ3v) is 4.87. The highest BCUT2D eigenvalue weighted by Crippen LogP contribution is 2.31. The molecule has 104 valence electrons. The number of sulfonamides is 1. The minimum atomic E-state index is -3.63. The molecule has 0 spiro atoms. The Balaban J connectivity index is 2.17. The highest BCUT2D eigenvalue weighted by molar-refractivity contribution is 7.89. The van der Waals surface area contributed by atoms with Gasteiger partial charge in [0.25, 0.3) is 0 Å². The molecule has 5 nitrogen and oxygen atoms in total. The summed E-state index contributed by atoms with van der Waals surface area (Å²) in [5, 5.41) is 8.91. The molecule has 1 aromatic rings. The monoisotopic (exact) mass is 283 g/mol. The molecule has 1 saturated carbocycles. The first kappa shape index (κ1) is 14.0. The van der Waals surface area contributed by atoms with Crippen molar-refractivity contribution in [2.24, 2.45) is 5.92 Å². The maximum absolute atomic E-state index is 12.1. The molecule has 0 unspecified atom stereocenters. The molecule has 1 aliphatic rings. The van der Waals surface area contributed by atoms with Crippen molar-refractivity contribution >= 4 is 16.0 Å². The molecule has 0 bridgehead atoms. The number of hydrogen-bond acceptors (Lipinski definition) is 3. The second-order valence-corrected chi connectivity index (χ2v) is 6.65. The van der Waals surface area contributed by atoms with E-state index < -0.39 is 16.0 Å². The summed E-state index contributed by atoms with van der Waals surface area (Å²) < 4.78 is 26.8. The summed E-state index contributed by atoms with van der Waals surface area (Å²) in [6, 6.07) is 4.12. The minimum Gasteiger partial charge on any atom is -0.478 e. The van der Waals surface area contributed by atoms with E-state index >= 15 is 0 Å². The fraction of sp³-hybridized carbons (Fsp3) is 0.462. The molecule has 1 aromatic carbocycles. The van der Waals surface area contributed by atoms with Gasteiger partial charge in [-0.1, -0.05) is 18.9 Å². The van der Waals surface area contributed by atoms with Gasteiger partial charge in [0, 0.05) is 6.54 Å². The third kappa shape index (κ3) is 3.54. The van der Waals surface area contributed by atoms with Crippen LogP contribution in [0.5, 0.6) is 0 Å². The molecule has 0 aliphatic heterocycles. The van der Waals surface area contributed by atoms with Crippen molar-refractivity contribution in [1.29, 1.82) is 0 Å². The van der Waals surface area contributed by atoms with Crippen LogP contribution in [0.2, 0.25) is 0 Å². The SMILES string of the molecule is Cc1ccc(C(=O)O)cc1S(=O)(=O)NCCC1CC1. The van der Waals surface area contributed by atoms with Crippen LogP contribution < -0.4 is 4.72 Å². The first-order chi connectivity index (χ1) is 8.90. The zero-order valence-electron chi connectivity index (χ0n) is 10.7. The number of rotatable bonds is 6. The number of hydrogen-bond donors (Lipinski definition) is 2. The zero-order chi connectivity index (χ0) is 14.0. The van der Waals surface area contributed by atoms with Crippen LogP contribution in [-0.4, -0.2) is 26.0 Å². The van der Waals surface area contributed by atoms with E-state index in [-0.39, 0.29) is 10.5 Å². The molecule has 0 amide bonds. The number of carboxylic acid groups (broad SMARTS) is 1. The van der Waals surface area contributed by atoms with Gasteiger partial charge in [-0.05, 0) is 37.0 Å². The maximum Gasteiger partial charge on any atom is 0.335 e. The molecule has 1 fully saturated rings. The summed E-state index contributed by atoms with van der Waals surface area (Å²) in [5.41, 5.74) is 0.525. The van der Waals surface area contributed by atoms with Crippen LogP contribution >= 0.6 is 0 Å². The lowest BCUT2D eigenvalue weighted by molar-refractivity contribution is 0.0696. The lowest BCUT2D eigenvalue weighted by atomic mass is 10.1. The van der Waals surface area contributed by atoms with E-state index in [0.717, 1.165) is 6.42 Å². The van der Waals surface area contributed by atoms with Crippen LogP contribution in [0.3, 0.4) is 0 Å². The predicted octanol–water partition coefficient (Wildman–Crippen LogP) is 1.77. The van der Waals surface area contributed by atoms with Crippen LogP contribution in [0.4, 0.5) is 0 Å². The van der Waals surface area contributed by atoms with Gasteiger partial charge in [-0.2, -0.15) is 0 Å². The highest BCUT2D eigenvalue weighted by Gasteiger charge is 2.23. The molecule has 19 heavy (non-hydrogen) atoms. The minimum absolute atomic E-state index is 0.0202. The average molecular weight is 283 g/mol. The summed E-state index contributed by atoms with van der Waals surface area (Å²) in [6.45, 7) is 2.06. The number of carboxylic acids is 1. The average Bonchev–Trinajstić information content (AvgIpc) is 3.12. The van der Waals surface area contributed by atoms with E-state index in [1.165, 1.54) is 31.0 Å². The summed E-state index contributed by atoms with van der Waals surface area (Å²) in [5.74, 6) is -0.483. The first-order valence-corrected chi connectivity index (χ1v) is 7.72. The Morgan fingerprint density at radius 3 is 2.68 bits per heavy atom. The lowest BCUT2D eigenvalue weighted by Gasteiger charge is -2.09. The van der Waals surface area contributed by atoms with Gasteiger partial charge in [0.05, 0.1) is 10.5 Å². The van der Waals surface area contributed by atoms with Gasteiger partial charge in [-0.3, -0.25) is 0 Å². The molecule has 0 radical (unpaired) electrons. The molecule has 2 rings (SSSR count). The van der Waals surface area contributed by atoms with Crippen molar-refractivity contribution < 1.29 is 18.3 Å². The van der Waals surface area contributed by atoms with Gasteiger partial charge in [0.2, 0.25) is 10.0 Å². The Bertz CT molecular complexity index is 591. The number of nitrogens with one attached hydrogen (secondary N) is 1. The normalized spacial score (nSPS) is 15.4. The van der Waals surface area contributed by atoms with Crippen molar-refractivity contribution in [3.8, 4) is 0 Å². The molecular formula is C13H17NO4S. The fourth-order valence-electron chi connectivity index (χ4n) is 1.90. The van der Waals surface area contributed by atoms with Gasteiger partial charge in [0.15, 0.2) is 0 Å². The van der Waals surface area contributed by atoms with E-state index in [4.69, 9.17) is 5.11 Å². The number of carbonyl (C=O) groups is 1. The molecule has 0 atom stereocenters. The van der Waals surface area contributed by atoms with Gasteiger partial charge in [-0.25, -0.2) is 17.9 Å². The fourth-order valence-corrected chi connectivity index (χ4v) is 3.22. The van der Waals surface area contributed by atoms with E-state index in [9.17, 15) is 13.2 Å². The quantitative estimate of drug-likeness (QED) is 0.833. The molecule has 0 heterocycles. The van der Waals surface area contributed by atoms with Gasteiger partial charge < -0.3 is 5.11 Å². The largest absolute Gasteiger partial charge is 0.478 e. The summed E-state index contributed by atoms with van der Waals surface area (Å²) >= 11 is 0. The van der Waals surface area contributed by atoms with Crippen molar-refractivity contribution in [1.82, 2.24) is 4.72 Å². The molecule has 2 N–H and O–H groups in total. The van der Waals surface area contributed by atoms with E-state index in [0.29, 0.717) is 18.0 Å². The van der Waals surface area contributed by atoms with Crippen LogP contribution in [0.1, 0.15) is 35.2 Å². The number of aromatic carboxylic acids is 1. The second-order valence-electron chi connectivity index (χ2n) is 4.92. The maximum atomic E-state index is 12.1. The van der Waals surface area contributed by atoms with E-state index in [2.05, 4.69) is 4.72 Å². The van der Waals surface area contributed by atoms with Gasteiger partial charge in [0.1, 0.15) is 0 Å². The lowest BCUT2D eigenvalue weighted by Crippen LogP contribution is -2.26. The van der Waals surface area contributed by atoms with Crippen LogP contribution in [0, 0.1) is 12.8 Å². The standard InChI is InChI=1S/C13H17NO4S/c1-9-2-5-11(13(15)16)8-12(9)19(17,18)14-7-6-10-3-4-10/h2,5,8,10,14H,3-4,6-7H2,1H3,(H,15,16).